The Bertz CT molecular complexity index is 672. The van der Waals surface area contributed by atoms with Crippen molar-refractivity contribution in [3.05, 3.63) is 42.2 Å². The van der Waals surface area contributed by atoms with Crippen molar-refractivity contribution < 1.29 is 18.0 Å². The number of amides is 1. The lowest BCUT2D eigenvalue weighted by Gasteiger charge is -2.22. The topological polar surface area (TPSA) is 59.0 Å². The highest BCUT2D eigenvalue weighted by atomic mass is 32.1. The van der Waals surface area contributed by atoms with Crippen molar-refractivity contribution in [1.29, 1.82) is 0 Å². The van der Waals surface area contributed by atoms with Gasteiger partial charge in [-0.05, 0) is 6.07 Å². The van der Waals surface area contributed by atoms with Gasteiger partial charge in [0.2, 0.25) is 5.91 Å². The van der Waals surface area contributed by atoms with Crippen LogP contribution in [-0.4, -0.2) is 45.0 Å². The van der Waals surface area contributed by atoms with Gasteiger partial charge in [-0.1, -0.05) is 6.08 Å². The number of nitrogens with zero attached hydrogens (tertiary/aromatic N) is 4. The fraction of sp³-hybridized carbons (Fsp3) is 0.286. The van der Waals surface area contributed by atoms with Gasteiger partial charge >= 0.3 is 6.18 Å². The highest BCUT2D eigenvalue weighted by Crippen LogP contribution is 2.21. The lowest BCUT2D eigenvalue weighted by molar-refractivity contribution is -0.159. The molecule has 1 amide bonds. The van der Waals surface area contributed by atoms with Crippen LogP contribution in [-0.2, 0) is 11.2 Å². The molecule has 0 atom stereocenters. The molecule has 2 heterocycles. The summed E-state index contributed by atoms with van der Waals surface area (Å²) in [6, 6.07) is 1.66. The van der Waals surface area contributed by atoms with E-state index in [4.69, 9.17) is 0 Å². The molecule has 122 valence electrons. The number of thiazole rings is 1. The minimum absolute atomic E-state index is 0.170. The summed E-state index contributed by atoms with van der Waals surface area (Å²) in [6.45, 7) is 1.89. The van der Waals surface area contributed by atoms with E-state index in [1.54, 1.807) is 23.8 Å². The number of alkyl halides is 3. The lowest BCUT2D eigenvalue weighted by atomic mass is 10.3. The zero-order valence-electron chi connectivity index (χ0n) is 12.0. The van der Waals surface area contributed by atoms with Crippen molar-refractivity contribution in [3.8, 4) is 10.8 Å². The van der Waals surface area contributed by atoms with E-state index >= 15 is 0 Å². The van der Waals surface area contributed by atoms with Crippen molar-refractivity contribution in [2.75, 3.05) is 13.1 Å². The van der Waals surface area contributed by atoms with Crippen LogP contribution in [0, 0.1) is 0 Å². The van der Waals surface area contributed by atoms with E-state index < -0.39 is 18.6 Å². The Morgan fingerprint density at radius 3 is 2.65 bits per heavy atom. The van der Waals surface area contributed by atoms with E-state index in [2.05, 4.69) is 21.5 Å². The highest BCUT2D eigenvalue weighted by Gasteiger charge is 2.32. The van der Waals surface area contributed by atoms with Crippen LogP contribution in [0.2, 0.25) is 0 Å². The van der Waals surface area contributed by atoms with Crippen LogP contribution in [0.1, 0.15) is 5.69 Å². The van der Waals surface area contributed by atoms with Gasteiger partial charge in [0.05, 0.1) is 12.1 Å². The van der Waals surface area contributed by atoms with Crippen molar-refractivity contribution >= 4 is 17.2 Å². The maximum Gasteiger partial charge on any atom is 0.406 e. The molecule has 23 heavy (non-hydrogen) atoms. The van der Waals surface area contributed by atoms with E-state index in [0.717, 1.165) is 0 Å². The molecule has 0 aliphatic carbocycles. The number of carbonyl (C=O) groups excluding carboxylic acids is 1. The van der Waals surface area contributed by atoms with E-state index in [9.17, 15) is 18.0 Å². The standard InChI is InChI=1S/C14H13F3N4OS/c1-2-6-21(9-14(15,16)17)11(22)7-10-8-23-13(20-10)12-18-4-3-5-19-12/h2-5,8H,1,6-7,9H2. The van der Waals surface area contributed by atoms with Crippen molar-refractivity contribution in [2.45, 2.75) is 12.6 Å². The summed E-state index contributed by atoms with van der Waals surface area (Å²) in [6.07, 6.45) is -0.293. The van der Waals surface area contributed by atoms with E-state index in [1.165, 1.54) is 17.4 Å². The third kappa shape index (κ3) is 5.13. The molecule has 5 nitrogen and oxygen atoms in total. The van der Waals surface area contributed by atoms with Crippen LogP contribution in [0.25, 0.3) is 10.8 Å². The normalized spacial score (nSPS) is 11.3. The van der Waals surface area contributed by atoms with Gasteiger partial charge in [-0.2, -0.15) is 13.2 Å². The van der Waals surface area contributed by atoms with Crippen LogP contribution < -0.4 is 0 Å². The monoisotopic (exact) mass is 342 g/mol. The molecule has 0 fully saturated rings. The predicted octanol–water partition coefficient (Wildman–Crippen LogP) is 2.72. The van der Waals surface area contributed by atoms with Crippen molar-refractivity contribution in [2.24, 2.45) is 0 Å². The molecule has 0 aromatic carbocycles. The summed E-state index contributed by atoms with van der Waals surface area (Å²) in [7, 11) is 0. The summed E-state index contributed by atoms with van der Waals surface area (Å²) in [5, 5.41) is 2.13. The minimum atomic E-state index is -4.45. The Morgan fingerprint density at radius 2 is 2.04 bits per heavy atom. The van der Waals surface area contributed by atoms with Gasteiger partial charge in [-0.3, -0.25) is 4.79 Å². The van der Waals surface area contributed by atoms with Gasteiger partial charge in [-0.15, -0.1) is 17.9 Å². The van der Waals surface area contributed by atoms with Gasteiger partial charge in [0, 0.05) is 24.3 Å². The molecule has 0 aliphatic heterocycles. The predicted molar refractivity (Wildman–Crippen MR) is 79.7 cm³/mol. The first-order valence-electron chi connectivity index (χ1n) is 6.56. The van der Waals surface area contributed by atoms with Gasteiger partial charge in [0.25, 0.3) is 0 Å². The van der Waals surface area contributed by atoms with Crippen LogP contribution in [0.15, 0.2) is 36.5 Å². The first-order valence-corrected chi connectivity index (χ1v) is 7.44. The minimum Gasteiger partial charge on any atom is -0.330 e. The number of hydrogen-bond acceptors (Lipinski definition) is 5. The van der Waals surface area contributed by atoms with Crippen LogP contribution >= 0.6 is 11.3 Å². The van der Waals surface area contributed by atoms with E-state index in [1.807, 2.05) is 0 Å². The van der Waals surface area contributed by atoms with E-state index in [-0.39, 0.29) is 13.0 Å². The molecule has 2 aromatic heterocycles. The number of halogens is 3. The zero-order chi connectivity index (χ0) is 16.9. The maximum absolute atomic E-state index is 12.5. The van der Waals surface area contributed by atoms with E-state index in [0.29, 0.717) is 21.4 Å². The van der Waals surface area contributed by atoms with Gasteiger partial charge in [0.15, 0.2) is 10.8 Å². The molecule has 0 saturated heterocycles. The second kappa shape index (κ2) is 7.32. The van der Waals surface area contributed by atoms with Gasteiger partial charge in [-0.25, -0.2) is 15.0 Å². The Balaban J connectivity index is 2.07. The largest absolute Gasteiger partial charge is 0.406 e. The molecule has 0 N–H and O–H groups in total. The second-order valence-electron chi connectivity index (χ2n) is 4.57. The number of carbonyl (C=O) groups is 1. The summed E-state index contributed by atoms with van der Waals surface area (Å²) < 4.78 is 37.5. The molecule has 0 radical (unpaired) electrons. The molecular weight excluding hydrogens is 329 g/mol. The zero-order valence-corrected chi connectivity index (χ0v) is 12.8. The molecule has 0 saturated carbocycles. The highest BCUT2D eigenvalue weighted by molar-refractivity contribution is 7.13. The van der Waals surface area contributed by atoms with Crippen LogP contribution in [0.5, 0.6) is 0 Å². The summed E-state index contributed by atoms with van der Waals surface area (Å²) >= 11 is 1.23. The van der Waals surface area contributed by atoms with Crippen LogP contribution in [0.3, 0.4) is 0 Å². The molecular formula is C14H13F3N4OS. The third-order valence-electron chi connectivity index (χ3n) is 2.71. The number of aromatic nitrogens is 3. The molecule has 9 heteroatoms. The van der Waals surface area contributed by atoms with Crippen molar-refractivity contribution in [1.82, 2.24) is 19.9 Å². The summed E-state index contributed by atoms with van der Waals surface area (Å²) in [5.74, 6) is -0.248. The lowest BCUT2D eigenvalue weighted by Crippen LogP contribution is -2.39. The molecule has 0 aliphatic rings. The van der Waals surface area contributed by atoms with Gasteiger partial charge in [0.1, 0.15) is 6.54 Å². The second-order valence-corrected chi connectivity index (χ2v) is 5.43. The fourth-order valence-electron chi connectivity index (χ4n) is 1.79. The Kier molecular flexibility index (Phi) is 5.43. The SMILES string of the molecule is C=CCN(CC(F)(F)F)C(=O)Cc1csc(-c2ncccn2)n1. The molecule has 0 bridgehead atoms. The average Bonchev–Trinajstić information content (AvgIpc) is 2.95. The van der Waals surface area contributed by atoms with Gasteiger partial charge < -0.3 is 4.90 Å². The molecule has 2 aromatic rings. The first kappa shape index (κ1) is 17.1. The smallest absolute Gasteiger partial charge is 0.330 e. The number of hydrogen-bond donors (Lipinski definition) is 0. The summed E-state index contributed by atoms with van der Waals surface area (Å²) in [5.41, 5.74) is 0.388. The molecule has 2 rings (SSSR count). The molecule has 0 spiro atoms. The Hall–Kier alpha value is -2.29. The summed E-state index contributed by atoms with van der Waals surface area (Å²) in [4.78, 5) is 25.0. The van der Waals surface area contributed by atoms with Crippen LogP contribution in [0.4, 0.5) is 13.2 Å². The quantitative estimate of drug-likeness (QED) is 0.758. The average molecular weight is 342 g/mol. The Labute approximate surface area is 134 Å². The first-order chi connectivity index (χ1) is 10.9. The third-order valence-corrected chi connectivity index (χ3v) is 3.60. The fourth-order valence-corrected chi connectivity index (χ4v) is 2.56. The Morgan fingerprint density at radius 1 is 1.35 bits per heavy atom. The van der Waals surface area contributed by atoms with Crippen molar-refractivity contribution in [3.63, 3.8) is 0 Å². The number of rotatable bonds is 6. The molecule has 0 unspecified atom stereocenters. The maximum atomic E-state index is 12.5.